The van der Waals surface area contributed by atoms with Gasteiger partial charge in [0.1, 0.15) is 0 Å². The van der Waals surface area contributed by atoms with Gasteiger partial charge in [-0.15, -0.1) is 0 Å². The monoisotopic (exact) mass is 618 g/mol. The molecule has 2 amide bonds. The summed E-state index contributed by atoms with van der Waals surface area (Å²) in [5.41, 5.74) is 0.835. The van der Waals surface area contributed by atoms with Crippen molar-refractivity contribution in [3.63, 3.8) is 0 Å². The van der Waals surface area contributed by atoms with E-state index in [1.165, 1.54) is 0 Å². The fraction of sp³-hybridized carbons (Fsp3) is 0.206. The number of nitrogens with one attached hydrogen (secondary N) is 2. The molecule has 2 N–H and O–H groups in total. The van der Waals surface area contributed by atoms with Crippen LogP contribution >= 0.6 is 17.2 Å². The van der Waals surface area contributed by atoms with Gasteiger partial charge in [0.05, 0.1) is 0 Å². The number of alkyl carbamates (subject to hydrolysis) is 1. The molecule has 1 unspecified atom stereocenters. The van der Waals surface area contributed by atoms with Crippen molar-refractivity contribution in [1.82, 2.24) is 10.6 Å². The minimum absolute atomic E-state index is 0.00561. The number of amides is 2. The van der Waals surface area contributed by atoms with Crippen LogP contribution in [0, 0.1) is 0 Å². The predicted octanol–water partition coefficient (Wildman–Crippen LogP) is 4.69. The van der Waals surface area contributed by atoms with Crippen molar-refractivity contribution in [3.8, 4) is 0 Å². The van der Waals surface area contributed by atoms with E-state index < -0.39 is 30.0 Å². The number of rotatable bonds is 13. The number of ether oxygens (including phenoxy) is 2. The fourth-order valence-corrected chi connectivity index (χ4v) is 10.8. The van der Waals surface area contributed by atoms with Crippen molar-refractivity contribution in [2.24, 2.45) is 0 Å². The minimum atomic E-state index is -3.63. The van der Waals surface area contributed by atoms with Crippen molar-refractivity contribution >= 4 is 51.1 Å². The Kier molecular flexibility index (Phi) is 10.9. The van der Waals surface area contributed by atoms with Gasteiger partial charge in [0.2, 0.25) is 0 Å². The third-order valence-corrected chi connectivity index (χ3v) is 14.6. The summed E-state index contributed by atoms with van der Waals surface area (Å²) < 4.78 is 10.6. The zero-order chi connectivity index (χ0) is 30.6. The number of esters is 1. The van der Waals surface area contributed by atoms with Gasteiger partial charge in [-0.3, -0.25) is 0 Å². The second kappa shape index (κ2) is 14.8. The molecule has 0 aliphatic rings. The molecule has 4 rings (SSSR count). The average molecular weight is 619 g/mol. The van der Waals surface area contributed by atoms with E-state index in [1.54, 1.807) is 6.92 Å². The van der Waals surface area contributed by atoms with Crippen molar-refractivity contribution in [2.45, 2.75) is 19.4 Å². The zero-order valence-electron chi connectivity index (χ0n) is 24.0. The van der Waals surface area contributed by atoms with Gasteiger partial charge in [-0.1, -0.05) is 0 Å². The van der Waals surface area contributed by atoms with Crippen LogP contribution in [0.4, 0.5) is 4.79 Å². The van der Waals surface area contributed by atoms with Gasteiger partial charge < -0.3 is 0 Å². The first-order valence-corrected chi connectivity index (χ1v) is 17.5. The Labute approximate surface area is 257 Å². The van der Waals surface area contributed by atoms with E-state index in [9.17, 15) is 14.4 Å². The van der Waals surface area contributed by atoms with Gasteiger partial charge in [-0.25, -0.2) is 0 Å². The molecule has 4 aromatic rings. The Bertz CT molecular complexity index is 1390. The van der Waals surface area contributed by atoms with Crippen LogP contribution < -0.4 is 26.5 Å². The Balaban J connectivity index is 1.56. The summed E-state index contributed by atoms with van der Waals surface area (Å²) in [5, 5.41) is 8.10. The Morgan fingerprint density at radius 3 is 1.65 bits per heavy atom. The maximum atomic E-state index is 13.2. The van der Waals surface area contributed by atoms with Crippen LogP contribution in [0.5, 0.6) is 0 Å². The van der Waals surface area contributed by atoms with Crippen molar-refractivity contribution < 1.29 is 23.9 Å². The topological polar surface area (TPSA) is 93.7 Å². The van der Waals surface area contributed by atoms with E-state index in [-0.39, 0.29) is 26.2 Å². The Morgan fingerprint density at radius 2 is 1.19 bits per heavy atom. The van der Waals surface area contributed by atoms with E-state index in [4.69, 9.17) is 20.7 Å². The molecule has 224 valence electrons. The maximum absolute atomic E-state index is 13.2. The molecular weight excluding hydrogens is 583 g/mol. The van der Waals surface area contributed by atoms with Crippen molar-refractivity contribution in [3.05, 3.63) is 127 Å². The zero-order valence-corrected chi connectivity index (χ0v) is 25.7. The summed E-state index contributed by atoms with van der Waals surface area (Å²) in [5.74, 6) is -4.72. The number of hydrogen-bond acceptors (Lipinski definition) is 5. The van der Waals surface area contributed by atoms with E-state index in [0.717, 1.165) is 21.5 Å². The molecule has 7 nitrogen and oxygen atoms in total. The van der Waals surface area contributed by atoms with Gasteiger partial charge in [-0.05, 0) is 6.92 Å². The van der Waals surface area contributed by atoms with Gasteiger partial charge in [0, 0.05) is 0 Å². The first-order valence-electron chi connectivity index (χ1n) is 14.2. The summed E-state index contributed by atoms with van der Waals surface area (Å²) in [4.78, 5) is 38.0. The van der Waals surface area contributed by atoms with Crippen LogP contribution in [0.1, 0.15) is 12.5 Å². The molecular formula is C34H36ClN2O5P. The molecule has 0 heterocycles. The summed E-state index contributed by atoms with van der Waals surface area (Å²) in [6.07, 6.45) is -0.225. The van der Waals surface area contributed by atoms with Gasteiger partial charge in [0.25, 0.3) is 0 Å². The second-order valence-corrected chi connectivity index (χ2v) is 16.6. The number of benzene rings is 4. The molecule has 4 aromatic carbocycles. The van der Waals surface area contributed by atoms with Crippen LogP contribution in [0.15, 0.2) is 121 Å². The number of hydrogen-bond donors (Lipinski definition) is 2. The Morgan fingerprint density at radius 1 is 0.721 bits per heavy atom. The molecule has 0 spiro atoms. The molecule has 43 heavy (non-hydrogen) atoms. The molecule has 0 saturated heterocycles. The summed E-state index contributed by atoms with van der Waals surface area (Å²) in [6, 6.07) is 38.0. The summed E-state index contributed by atoms with van der Waals surface area (Å²) in [7, 11) is 0. The molecule has 9 heteroatoms. The van der Waals surface area contributed by atoms with E-state index >= 15 is 0 Å². The molecule has 0 aliphatic carbocycles. The third kappa shape index (κ3) is 7.61. The normalized spacial score (nSPS) is 12.7. The number of halogens is 1. The average Bonchev–Trinajstić information content (AvgIpc) is 3.05. The van der Waals surface area contributed by atoms with Crippen LogP contribution in [0.3, 0.4) is 0 Å². The molecule has 0 saturated carbocycles. The number of carbonyl (C=O) groups is 3. The van der Waals surface area contributed by atoms with Gasteiger partial charge in [0.15, 0.2) is 0 Å². The standard InChI is InChI=1S/C34H36ClN2O5P/c1-2-41-32(38)26-36-33(39)31(25-27-15-7-3-8-16-27)37-34(40)42-23-24-43(35,28-17-9-4-10-18-28,29-19-11-5-12-20-29)30-21-13-6-14-22-30/h3-22,31H,2,23-26H2,1H3,(H,36,39)(H,37,40). The first kappa shape index (κ1) is 31.7. The van der Waals surface area contributed by atoms with Crippen LogP contribution in [-0.4, -0.2) is 49.9 Å². The van der Waals surface area contributed by atoms with Gasteiger partial charge >= 0.3 is 251 Å². The molecule has 0 fully saturated rings. The number of carbonyl (C=O) groups excluding carboxylic acids is 3. The molecule has 0 radical (unpaired) electrons. The van der Waals surface area contributed by atoms with Crippen molar-refractivity contribution in [1.29, 1.82) is 0 Å². The predicted molar refractivity (Wildman–Crippen MR) is 174 cm³/mol. The third-order valence-electron chi connectivity index (χ3n) is 7.23. The quantitative estimate of drug-likeness (QED) is 0.168. The van der Waals surface area contributed by atoms with Crippen LogP contribution in [-0.2, 0) is 25.5 Å². The van der Waals surface area contributed by atoms with Crippen molar-refractivity contribution in [2.75, 3.05) is 25.9 Å². The summed E-state index contributed by atoms with van der Waals surface area (Å²) in [6.45, 7) is 1.58. The SMILES string of the molecule is CCOC(=O)CNC(=O)C(Cc1ccccc1)NC(=O)OCCP(Cl)(c1ccccc1)(c1ccccc1)c1ccccc1. The fourth-order valence-electron chi connectivity index (χ4n) is 5.10. The van der Waals surface area contributed by atoms with E-state index in [1.807, 2.05) is 121 Å². The van der Waals surface area contributed by atoms with E-state index in [0.29, 0.717) is 6.16 Å². The molecule has 0 aromatic heterocycles. The van der Waals surface area contributed by atoms with Gasteiger partial charge in [-0.2, -0.15) is 0 Å². The molecule has 0 bridgehead atoms. The van der Waals surface area contributed by atoms with Crippen LogP contribution in [0.2, 0.25) is 0 Å². The Hall–Kier alpha value is -4.19. The van der Waals surface area contributed by atoms with E-state index in [2.05, 4.69) is 10.6 Å². The second-order valence-electron chi connectivity index (χ2n) is 9.96. The van der Waals surface area contributed by atoms with Crippen LogP contribution in [0.25, 0.3) is 0 Å². The molecule has 0 aliphatic heterocycles. The summed E-state index contributed by atoms with van der Waals surface area (Å²) >= 11 is 8.03. The first-order chi connectivity index (χ1) is 20.8. The molecule has 1 atom stereocenters.